The monoisotopic (exact) mass is 476 g/mol. The number of rotatable bonds is 7. The Morgan fingerprint density at radius 3 is 2.65 bits per heavy atom. The number of nitrogens with zero attached hydrogens (tertiary/aromatic N) is 6. The molecule has 1 aliphatic heterocycles. The molecule has 0 aliphatic carbocycles. The normalized spacial score (nSPS) is 15.0. The van der Waals surface area contributed by atoms with Crippen molar-refractivity contribution >= 4 is 40.1 Å². The molecular weight excluding hydrogens is 448 g/mol. The number of piperazine rings is 1. The minimum absolute atomic E-state index is 0.646. The van der Waals surface area contributed by atoms with Crippen molar-refractivity contribution in [3.05, 3.63) is 65.4 Å². The van der Waals surface area contributed by atoms with E-state index in [9.17, 15) is 0 Å². The molecule has 4 aromatic rings. The van der Waals surface area contributed by atoms with Crippen LogP contribution in [0.3, 0.4) is 0 Å². The number of imidazole rings is 1. The van der Waals surface area contributed by atoms with E-state index in [0.29, 0.717) is 11.0 Å². The van der Waals surface area contributed by atoms with Crippen molar-refractivity contribution in [2.75, 3.05) is 56.9 Å². The molecule has 0 saturated carbocycles. The Hall–Kier alpha value is -3.20. The number of likely N-dealkylation sites (N-methyl/N-ethyl adjacent to an activating group) is 1. The van der Waals surface area contributed by atoms with Gasteiger partial charge in [0.25, 0.3) is 0 Å². The van der Waals surface area contributed by atoms with Gasteiger partial charge in [-0.1, -0.05) is 35.9 Å². The summed E-state index contributed by atoms with van der Waals surface area (Å²) in [5, 5.41) is 7.54. The summed E-state index contributed by atoms with van der Waals surface area (Å²) in [5.74, 6) is 2.18. The maximum Gasteiger partial charge on any atom is 0.214 e. The van der Waals surface area contributed by atoms with Gasteiger partial charge in [0.1, 0.15) is 18.0 Å². The van der Waals surface area contributed by atoms with Crippen molar-refractivity contribution in [2.45, 2.75) is 6.92 Å². The molecule has 2 aromatic carbocycles. The maximum absolute atomic E-state index is 6.49. The van der Waals surface area contributed by atoms with E-state index in [-0.39, 0.29) is 0 Å². The van der Waals surface area contributed by atoms with Gasteiger partial charge in [0.05, 0.1) is 21.7 Å². The van der Waals surface area contributed by atoms with Gasteiger partial charge in [-0.2, -0.15) is 0 Å². The number of halogens is 1. The lowest BCUT2D eigenvalue weighted by atomic mass is 10.2. The quantitative estimate of drug-likeness (QED) is 0.414. The van der Waals surface area contributed by atoms with Crippen LogP contribution in [0.4, 0.5) is 17.5 Å². The molecule has 1 fully saturated rings. The topological polar surface area (TPSA) is 74.1 Å². The molecule has 34 heavy (non-hydrogen) atoms. The first-order valence-corrected chi connectivity index (χ1v) is 11.9. The molecule has 8 nitrogen and oxygen atoms in total. The van der Waals surface area contributed by atoms with Crippen LogP contribution in [0.5, 0.6) is 0 Å². The van der Waals surface area contributed by atoms with E-state index in [0.717, 1.165) is 73.2 Å². The highest BCUT2D eigenvalue weighted by Crippen LogP contribution is 2.31. The molecule has 176 valence electrons. The van der Waals surface area contributed by atoms with Gasteiger partial charge in [-0.3, -0.25) is 9.47 Å². The van der Waals surface area contributed by atoms with E-state index < -0.39 is 0 Å². The average Bonchev–Trinajstić information content (AvgIpc) is 3.21. The zero-order chi connectivity index (χ0) is 23.5. The lowest BCUT2D eigenvalue weighted by molar-refractivity contribution is 0.158. The SMILES string of the molecule is Cc1cccc(Cl)c1Nc1nc2ccccc2n1-c1cc(NCCN2CCN(C)CC2)ncn1. The highest BCUT2D eigenvalue weighted by molar-refractivity contribution is 6.33. The van der Waals surface area contributed by atoms with Gasteiger partial charge < -0.3 is 15.5 Å². The summed E-state index contributed by atoms with van der Waals surface area (Å²) in [6, 6.07) is 15.8. The summed E-state index contributed by atoms with van der Waals surface area (Å²) in [4.78, 5) is 18.7. The number of aryl methyl sites for hydroxylation is 1. The number of fused-ring (bicyclic) bond motifs is 1. The Bertz CT molecular complexity index is 1260. The number of nitrogens with one attached hydrogen (secondary N) is 2. The van der Waals surface area contributed by atoms with Gasteiger partial charge in [0.15, 0.2) is 0 Å². The lowest BCUT2D eigenvalue weighted by Gasteiger charge is -2.32. The zero-order valence-corrected chi connectivity index (χ0v) is 20.3. The number of para-hydroxylation sites is 3. The first-order valence-electron chi connectivity index (χ1n) is 11.6. The Labute approximate surface area is 204 Å². The van der Waals surface area contributed by atoms with Gasteiger partial charge in [-0.15, -0.1) is 0 Å². The summed E-state index contributed by atoms with van der Waals surface area (Å²) in [7, 11) is 2.17. The molecule has 2 N–H and O–H groups in total. The van der Waals surface area contributed by atoms with Gasteiger partial charge in [0, 0.05) is 45.3 Å². The first-order chi connectivity index (χ1) is 16.6. The van der Waals surface area contributed by atoms with E-state index in [1.54, 1.807) is 6.33 Å². The second-order valence-corrected chi connectivity index (χ2v) is 9.06. The predicted molar refractivity (Wildman–Crippen MR) is 139 cm³/mol. The highest BCUT2D eigenvalue weighted by Gasteiger charge is 2.17. The highest BCUT2D eigenvalue weighted by atomic mass is 35.5. The molecule has 0 amide bonds. The van der Waals surface area contributed by atoms with Crippen LogP contribution in [-0.2, 0) is 0 Å². The summed E-state index contributed by atoms with van der Waals surface area (Å²) in [6.07, 6.45) is 1.59. The first kappa shape index (κ1) is 22.6. The average molecular weight is 477 g/mol. The van der Waals surface area contributed by atoms with Crippen molar-refractivity contribution < 1.29 is 0 Å². The molecule has 5 rings (SSSR count). The van der Waals surface area contributed by atoms with Crippen molar-refractivity contribution in [2.24, 2.45) is 0 Å². The number of benzene rings is 2. The van der Waals surface area contributed by atoms with Crippen LogP contribution >= 0.6 is 11.6 Å². The largest absolute Gasteiger partial charge is 0.369 e. The van der Waals surface area contributed by atoms with Gasteiger partial charge in [-0.05, 0) is 37.7 Å². The summed E-state index contributed by atoms with van der Waals surface area (Å²) >= 11 is 6.49. The minimum atomic E-state index is 0.646. The summed E-state index contributed by atoms with van der Waals surface area (Å²) < 4.78 is 2.01. The molecule has 9 heteroatoms. The van der Waals surface area contributed by atoms with Crippen LogP contribution in [0.25, 0.3) is 16.9 Å². The third kappa shape index (κ3) is 4.84. The van der Waals surface area contributed by atoms with Crippen LogP contribution in [-0.4, -0.2) is 75.6 Å². The number of hydrogen-bond acceptors (Lipinski definition) is 7. The second kappa shape index (κ2) is 9.97. The lowest BCUT2D eigenvalue weighted by Crippen LogP contribution is -2.45. The van der Waals surface area contributed by atoms with E-state index in [4.69, 9.17) is 16.6 Å². The second-order valence-electron chi connectivity index (χ2n) is 8.65. The Morgan fingerprint density at radius 2 is 1.82 bits per heavy atom. The van der Waals surface area contributed by atoms with E-state index in [1.165, 1.54) is 0 Å². The summed E-state index contributed by atoms with van der Waals surface area (Å²) in [5.41, 5.74) is 3.70. The van der Waals surface area contributed by atoms with Crippen molar-refractivity contribution in [1.82, 2.24) is 29.3 Å². The molecule has 0 atom stereocenters. The fourth-order valence-electron chi connectivity index (χ4n) is 4.22. The maximum atomic E-state index is 6.49. The molecule has 0 radical (unpaired) electrons. The fraction of sp³-hybridized carbons (Fsp3) is 0.320. The molecule has 1 aliphatic rings. The molecular formula is C25H29ClN8. The summed E-state index contributed by atoms with van der Waals surface area (Å²) in [6.45, 7) is 8.27. The van der Waals surface area contributed by atoms with Crippen LogP contribution < -0.4 is 10.6 Å². The predicted octanol–water partition coefficient (Wildman–Crippen LogP) is 4.18. The van der Waals surface area contributed by atoms with E-state index in [1.807, 2.05) is 60.0 Å². The van der Waals surface area contributed by atoms with Crippen molar-refractivity contribution in [3.63, 3.8) is 0 Å². The number of aromatic nitrogens is 4. The standard InChI is InChI=1S/C25H29ClN8/c1-18-6-5-7-19(26)24(18)31-25-30-20-8-3-4-9-21(20)34(25)23-16-22(28-17-29-23)27-10-11-33-14-12-32(2)13-15-33/h3-9,16-17H,10-15H2,1-2H3,(H,30,31)(H,27,28,29). The van der Waals surface area contributed by atoms with Crippen LogP contribution in [0.1, 0.15) is 5.56 Å². The third-order valence-electron chi connectivity index (χ3n) is 6.23. The smallest absolute Gasteiger partial charge is 0.214 e. The number of anilines is 3. The minimum Gasteiger partial charge on any atom is -0.369 e. The molecule has 3 heterocycles. The van der Waals surface area contributed by atoms with E-state index >= 15 is 0 Å². The van der Waals surface area contributed by atoms with Gasteiger partial charge in [0.2, 0.25) is 5.95 Å². The van der Waals surface area contributed by atoms with Gasteiger partial charge in [-0.25, -0.2) is 15.0 Å². The van der Waals surface area contributed by atoms with Crippen molar-refractivity contribution in [3.8, 4) is 5.82 Å². The van der Waals surface area contributed by atoms with Gasteiger partial charge >= 0.3 is 0 Å². The molecule has 1 saturated heterocycles. The fourth-order valence-corrected chi connectivity index (χ4v) is 4.49. The molecule has 0 unspecified atom stereocenters. The Balaban J connectivity index is 1.41. The van der Waals surface area contributed by atoms with Crippen LogP contribution in [0, 0.1) is 6.92 Å². The number of hydrogen-bond donors (Lipinski definition) is 2. The molecule has 0 bridgehead atoms. The zero-order valence-electron chi connectivity index (χ0n) is 19.5. The third-order valence-corrected chi connectivity index (χ3v) is 6.55. The van der Waals surface area contributed by atoms with Crippen LogP contribution in [0.15, 0.2) is 54.9 Å². The Kier molecular flexibility index (Phi) is 6.62. The molecule has 0 spiro atoms. The van der Waals surface area contributed by atoms with Crippen molar-refractivity contribution in [1.29, 1.82) is 0 Å². The Morgan fingerprint density at radius 1 is 1.00 bits per heavy atom. The molecule has 2 aromatic heterocycles. The van der Waals surface area contributed by atoms with E-state index in [2.05, 4.69) is 37.4 Å². The van der Waals surface area contributed by atoms with Crippen LogP contribution in [0.2, 0.25) is 5.02 Å².